The number of hydrogen-bond donors (Lipinski definition) is 2. The van der Waals surface area contributed by atoms with Gasteiger partial charge in [0, 0.05) is 11.1 Å². The number of benzene rings is 1. The van der Waals surface area contributed by atoms with Crippen molar-refractivity contribution < 1.29 is 5.11 Å². The van der Waals surface area contributed by atoms with Crippen molar-refractivity contribution in [3.05, 3.63) is 47.8 Å². The predicted octanol–water partition coefficient (Wildman–Crippen LogP) is 3.47. The summed E-state index contributed by atoms with van der Waals surface area (Å²) < 4.78 is 0. The topological polar surface area (TPSA) is 61.8 Å². The SMILES string of the molecule is Cc1ccc2nc(Sc3ccc([C@@H](C)O)nc3)[nH]c2c1. The van der Waals surface area contributed by atoms with Crippen molar-refractivity contribution >= 4 is 22.8 Å². The maximum absolute atomic E-state index is 9.44. The lowest BCUT2D eigenvalue weighted by Crippen LogP contribution is -1.94. The summed E-state index contributed by atoms with van der Waals surface area (Å²) in [6.45, 7) is 3.77. The molecule has 0 spiro atoms. The maximum atomic E-state index is 9.44. The van der Waals surface area contributed by atoms with E-state index in [1.807, 2.05) is 18.2 Å². The van der Waals surface area contributed by atoms with Crippen LogP contribution in [0.4, 0.5) is 0 Å². The largest absolute Gasteiger partial charge is 0.387 e. The molecule has 3 aromatic rings. The number of aromatic amines is 1. The molecule has 0 unspecified atom stereocenters. The second-order valence-corrected chi connectivity index (χ2v) is 5.82. The van der Waals surface area contributed by atoms with Crippen molar-refractivity contribution in [1.82, 2.24) is 15.0 Å². The quantitative estimate of drug-likeness (QED) is 0.773. The minimum Gasteiger partial charge on any atom is -0.387 e. The Morgan fingerprint density at radius 1 is 1.25 bits per heavy atom. The molecule has 1 atom stereocenters. The molecule has 0 radical (unpaired) electrons. The van der Waals surface area contributed by atoms with Crippen molar-refractivity contribution in [1.29, 1.82) is 0 Å². The molecule has 3 rings (SSSR count). The molecule has 0 fully saturated rings. The highest BCUT2D eigenvalue weighted by molar-refractivity contribution is 7.99. The van der Waals surface area contributed by atoms with E-state index in [-0.39, 0.29) is 0 Å². The number of aliphatic hydroxyl groups is 1. The number of pyridine rings is 1. The molecular weight excluding hydrogens is 270 g/mol. The third kappa shape index (κ3) is 2.69. The van der Waals surface area contributed by atoms with Crippen LogP contribution < -0.4 is 0 Å². The van der Waals surface area contributed by atoms with E-state index in [1.54, 1.807) is 13.1 Å². The van der Waals surface area contributed by atoms with Crippen LogP contribution in [0.5, 0.6) is 0 Å². The van der Waals surface area contributed by atoms with Crippen LogP contribution in [-0.4, -0.2) is 20.1 Å². The van der Waals surface area contributed by atoms with Gasteiger partial charge in [-0.1, -0.05) is 17.8 Å². The molecule has 0 amide bonds. The predicted molar refractivity (Wildman–Crippen MR) is 79.8 cm³/mol. The Balaban J connectivity index is 1.85. The Bertz CT molecular complexity index is 734. The van der Waals surface area contributed by atoms with Gasteiger partial charge in [-0.05, 0) is 43.7 Å². The third-order valence-corrected chi connectivity index (χ3v) is 3.88. The molecule has 4 nitrogen and oxygen atoms in total. The first-order chi connectivity index (χ1) is 9.61. The smallest absolute Gasteiger partial charge is 0.171 e. The Morgan fingerprint density at radius 3 is 2.80 bits per heavy atom. The zero-order valence-electron chi connectivity index (χ0n) is 11.3. The highest BCUT2D eigenvalue weighted by Gasteiger charge is 2.06. The normalized spacial score (nSPS) is 12.8. The lowest BCUT2D eigenvalue weighted by Gasteiger charge is -2.03. The molecule has 0 aliphatic rings. The number of nitrogens with one attached hydrogen (secondary N) is 1. The Kier molecular flexibility index (Phi) is 3.46. The molecule has 102 valence electrons. The highest BCUT2D eigenvalue weighted by Crippen LogP contribution is 2.27. The lowest BCUT2D eigenvalue weighted by molar-refractivity contribution is 0.194. The van der Waals surface area contributed by atoms with E-state index in [9.17, 15) is 5.11 Å². The van der Waals surface area contributed by atoms with Crippen LogP contribution in [0.25, 0.3) is 11.0 Å². The van der Waals surface area contributed by atoms with E-state index in [2.05, 4.69) is 34.0 Å². The van der Waals surface area contributed by atoms with Crippen LogP contribution in [-0.2, 0) is 0 Å². The van der Waals surface area contributed by atoms with Crippen molar-refractivity contribution in [2.75, 3.05) is 0 Å². The Morgan fingerprint density at radius 2 is 2.10 bits per heavy atom. The van der Waals surface area contributed by atoms with E-state index in [1.165, 1.54) is 17.3 Å². The summed E-state index contributed by atoms with van der Waals surface area (Å²) in [5.41, 5.74) is 3.89. The molecule has 2 heterocycles. The summed E-state index contributed by atoms with van der Waals surface area (Å²) in [7, 11) is 0. The van der Waals surface area contributed by atoms with Gasteiger partial charge in [0.25, 0.3) is 0 Å². The van der Waals surface area contributed by atoms with Crippen molar-refractivity contribution in [2.24, 2.45) is 0 Å². The molecular formula is C15H15N3OS. The van der Waals surface area contributed by atoms with Gasteiger partial charge >= 0.3 is 0 Å². The number of aromatic nitrogens is 3. The number of hydrogen-bond acceptors (Lipinski definition) is 4. The fraction of sp³-hybridized carbons (Fsp3) is 0.200. The molecule has 0 saturated carbocycles. The number of aliphatic hydroxyl groups excluding tert-OH is 1. The van der Waals surface area contributed by atoms with Crippen molar-refractivity contribution in [3.63, 3.8) is 0 Å². The number of fused-ring (bicyclic) bond motifs is 1. The fourth-order valence-corrected chi connectivity index (χ4v) is 2.73. The van der Waals surface area contributed by atoms with Crippen molar-refractivity contribution in [2.45, 2.75) is 30.0 Å². The van der Waals surface area contributed by atoms with Crippen LogP contribution >= 0.6 is 11.8 Å². The van der Waals surface area contributed by atoms with Gasteiger partial charge in [-0.25, -0.2) is 4.98 Å². The summed E-state index contributed by atoms with van der Waals surface area (Å²) in [4.78, 5) is 13.1. The van der Waals surface area contributed by atoms with Crippen LogP contribution in [0.15, 0.2) is 46.6 Å². The molecule has 2 N–H and O–H groups in total. The highest BCUT2D eigenvalue weighted by atomic mass is 32.2. The second-order valence-electron chi connectivity index (χ2n) is 4.76. The average Bonchev–Trinajstić information content (AvgIpc) is 2.80. The summed E-state index contributed by atoms with van der Waals surface area (Å²) in [6.07, 6.45) is 1.22. The van der Waals surface area contributed by atoms with Crippen molar-refractivity contribution in [3.8, 4) is 0 Å². The average molecular weight is 285 g/mol. The zero-order chi connectivity index (χ0) is 14.1. The number of imidazole rings is 1. The van der Waals surface area contributed by atoms with E-state index in [4.69, 9.17) is 0 Å². The summed E-state index contributed by atoms with van der Waals surface area (Å²) in [5, 5.41) is 10.3. The number of H-pyrrole nitrogens is 1. The van der Waals surface area contributed by atoms with Gasteiger partial charge in [-0.3, -0.25) is 4.98 Å². The second kappa shape index (κ2) is 5.26. The van der Waals surface area contributed by atoms with E-state index < -0.39 is 6.10 Å². The maximum Gasteiger partial charge on any atom is 0.171 e. The van der Waals surface area contributed by atoms with Gasteiger partial charge in [0.2, 0.25) is 0 Å². The van der Waals surface area contributed by atoms with Crippen LogP contribution in [0.3, 0.4) is 0 Å². The first-order valence-corrected chi connectivity index (χ1v) is 7.22. The molecule has 0 bridgehead atoms. The summed E-state index contributed by atoms with van der Waals surface area (Å²) in [5.74, 6) is 0. The molecule has 0 saturated heterocycles. The van der Waals surface area contributed by atoms with E-state index >= 15 is 0 Å². The molecule has 20 heavy (non-hydrogen) atoms. The van der Waals surface area contributed by atoms with E-state index in [0.717, 1.165) is 21.1 Å². The van der Waals surface area contributed by atoms with Gasteiger partial charge in [0.15, 0.2) is 5.16 Å². The molecule has 0 aliphatic heterocycles. The van der Waals surface area contributed by atoms with Crippen LogP contribution in [0, 0.1) is 6.92 Å². The Hall–Kier alpha value is -1.85. The first kappa shape index (κ1) is 13.1. The molecule has 2 aromatic heterocycles. The van der Waals surface area contributed by atoms with Gasteiger partial charge in [0.05, 0.1) is 22.8 Å². The van der Waals surface area contributed by atoms with Gasteiger partial charge in [-0.2, -0.15) is 0 Å². The molecule has 5 heteroatoms. The first-order valence-electron chi connectivity index (χ1n) is 6.40. The molecule has 1 aromatic carbocycles. The third-order valence-electron chi connectivity index (χ3n) is 3.02. The lowest BCUT2D eigenvalue weighted by atomic mass is 10.2. The van der Waals surface area contributed by atoms with Gasteiger partial charge in [-0.15, -0.1) is 0 Å². The fourth-order valence-electron chi connectivity index (χ4n) is 1.96. The van der Waals surface area contributed by atoms with E-state index in [0.29, 0.717) is 5.69 Å². The number of aryl methyl sites for hydroxylation is 1. The zero-order valence-corrected chi connectivity index (χ0v) is 12.1. The Labute approximate surface area is 121 Å². The summed E-state index contributed by atoms with van der Waals surface area (Å²) >= 11 is 1.53. The molecule has 0 aliphatic carbocycles. The van der Waals surface area contributed by atoms with Crippen LogP contribution in [0.2, 0.25) is 0 Å². The van der Waals surface area contributed by atoms with Gasteiger partial charge < -0.3 is 10.1 Å². The minimum atomic E-state index is -0.539. The summed E-state index contributed by atoms with van der Waals surface area (Å²) in [6, 6.07) is 9.93. The number of rotatable bonds is 3. The van der Waals surface area contributed by atoms with Crippen LogP contribution in [0.1, 0.15) is 24.3 Å². The standard InChI is InChI=1S/C15H15N3OS/c1-9-3-5-13-14(7-9)18-15(17-13)20-11-4-6-12(10(2)19)16-8-11/h3-8,10,19H,1-2H3,(H,17,18)/t10-/m1/s1. The number of nitrogens with zero attached hydrogens (tertiary/aromatic N) is 2. The van der Waals surface area contributed by atoms with Gasteiger partial charge in [0.1, 0.15) is 0 Å². The monoisotopic (exact) mass is 285 g/mol. The minimum absolute atomic E-state index is 0.539.